The summed E-state index contributed by atoms with van der Waals surface area (Å²) in [5, 5.41) is 0. The Bertz CT molecular complexity index is 1010. The molecule has 3 fully saturated rings. The van der Waals surface area contributed by atoms with E-state index in [4.69, 9.17) is 4.74 Å². The van der Waals surface area contributed by atoms with Crippen LogP contribution >= 0.6 is 0 Å². The Labute approximate surface area is 200 Å². The molecule has 8 heteroatoms. The Kier molecular flexibility index (Phi) is 6.15. The third kappa shape index (κ3) is 4.58. The highest BCUT2D eigenvalue weighted by Gasteiger charge is 2.47. The van der Waals surface area contributed by atoms with Crippen LogP contribution in [0.3, 0.4) is 0 Å². The van der Waals surface area contributed by atoms with E-state index in [1.807, 2.05) is 41.3 Å². The largest absolute Gasteiger partial charge is 0.441 e. The first-order valence-electron chi connectivity index (χ1n) is 12.3. The summed E-state index contributed by atoms with van der Waals surface area (Å²) in [5.74, 6) is 0.959. The summed E-state index contributed by atoms with van der Waals surface area (Å²) in [6.45, 7) is 6.14. The van der Waals surface area contributed by atoms with E-state index in [1.54, 1.807) is 17.3 Å². The van der Waals surface area contributed by atoms with Gasteiger partial charge in [-0.2, -0.15) is 0 Å². The molecular formula is C26H33N5O3. The molecule has 3 aliphatic rings. The van der Waals surface area contributed by atoms with Crippen LogP contribution in [0.25, 0.3) is 0 Å². The fourth-order valence-electron chi connectivity index (χ4n) is 5.50. The van der Waals surface area contributed by atoms with Gasteiger partial charge in [-0.25, -0.2) is 14.8 Å². The molecule has 0 unspecified atom stereocenters. The fourth-order valence-corrected chi connectivity index (χ4v) is 5.50. The normalized spacial score (nSPS) is 24.7. The van der Waals surface area contributed by atoms with Gasteiger partial charge in [0.05, 0.1) is 6.54 Å². The number of rotatable bonds is 4. The van der Waals surface area contributed by atoms with Gasteiger partial charge in [0.15, 0.2) is 0 Å². The van der Waals surface area contributed by atoms with Crippen molar-refractivity contribution < 1.29 is 14.3 Å². The molecule has 0 bridgehead atoms. The van der Waals surface area contributed by atoms with Crippen molar-refractivity contribution >= 4 is 17.9 Å². The molecule has 34 heavy (non-hydrogen) atoms. The highest BCUT2D eigenvalue weighted by atomic mass is 16.6. The van der Waals surface area contributed by atoms with E-state index < -0.39 is 5.60 Å². The Hall–Kier alpha value is -3.16. The first kappa shape index (κ1) is 22.6. The Morgan fingerprint density at radius 1 is 0.971 bits per heavy atom. The van der Waals surface area contributed by atoms with Gasteiger partial charge in [0.25, 0.3) is 0 Å². The second kappa shape index (κ2) is 9.24. The van der Waals surface area contributed by atoms with E-state index in [1.165, 1.54) is 0 Å². The lowest BCUT2D eigenvalue weighted by molar-refractivity contribution is -0.142. The van der Waals surface area contributed by atoms with E-state index in [9.17, 15) is 9.59 Å². The maximum absolute atomic E-state index is 13.6. The molecule has 1 spiro atoms. The first-order valence-corrected chi connectivity index (χ1v) is 12.3. The zero-order valence-electron chi connectivity index (χ0n) is 19.9. The minimum atomic E-state index is -0.490. The van der Waals surface area contributed by atoms with Gasteiger partial charge in [0.2, 0.25) is 11.9 Å². The van der Waals surface area contributed by atoms with Crippen LogP contribution in [-0.2, 0) is 16.1 Å². The topological polar surface area (TPSA) is 78.9 Å². The summed E-state index contributed by atoms with van der Waals surface area (Å²) >= 11 is 0. The zero-order chi connectivity index (χ0) is 23.6. The molecule has 1 aromatic carbocycles. The quantitative estimate of drug-likeness (QED) is 0.691. The number of ether oxygens (including phenoxy) is 1. The van der Waals surface area contributed by atoms with Crippen LogP contribution in [0.4, 0.5) is 10.7 Å². The number of piperidine rings is 1. The third-order valence-corrected chi connectivity index (χ3v) is 7.66. The molecule has 8 nitrogen and oxygen atoms in total. The Morgan fingerprint density at radius 2 is 1.71 bits per heavy atom. The molecular weight excluding hydrogens is 430 g/mol. The summed E-state index contributed by atoms with van der Waals surface area (Å²) in [5.41, 5.74) is 0.228. The minimum absolute atomic E-state index is 0.226. The van der Waals surface area contributed by atoms with E-state index in [0.29, 0.717) is 26.1 Å². The maximum Gasteiger partial charge on any atom is 0.410 e. The van der Waals surface area contributed by atoms with Gasteiger partial charge in [-0.05, 0) is 37.3 Å². The van der Waals surface area contributed by atoms with Crippen molar-refractivity contribution in [2.45, 2.75) is 51.2 Å². The van der Waals surface area contributed by atoms with Crippen LogP contribution < -0.4 is 4.90 Å². The third-order valence-electron chi connectivity index (χ3n) is 7.66. The summed E-state index contributed by atoms with van der Waals surface area (Å²) in [6, 6.07) is 11.8. The molecule has 2 amide bonds. The summed E-state index contributed by atoms with van der Waals surface area (Å²) < 4.78 is 5.94. The highest BCUT2D eigenvalue weighted by Crippen LogP contribution is 2.38. The lowest BCUT2D eigenvalue weighted by atomic mass is 9.79. The standard InChI is InChI=1S/C26H33N5O3/c1-25(10-16-30(17-11-25)23-27-13-6-14-28-23)22(32)29-15-5-9-26(12-18-29)20-31(24(33)34-26)19-21-7-3-2-4-8-21/h2-4,6-8,13-14H,5,9-12,15-20H2,1H3/t26-/m1/s1. The molecule has 3 aliphatic heterocycles. The molecule has 0 saturated carbocycles. The summed E-state index contributed by atoms with van der Waals surface area (Å²) in [7, 11) is 0. The molecule has 4 heterocycles. The second-order valence-corrected chi connectivity index (χ2v) is 10.1. The molecule has 0 aliphatic carbocycles. The molecule has 0 radical (unpaired) electrons. The SMILES string of the molecule is CC1(C(=O)N2CCC[C@@]3(CC2)CN(Cc2ccccc2)C(=O)O3)CCN(c2ncccn2)CC1. The molecule has 180 valence electrons. The number of hydrogen-bond acceptors (Lipinski definition) is 6. The van der Waals surface area contributed by atoms with Gasteiger partial charge in [0, 0.05) is 57.0 Å². The molecule has 0 N–H and O–H groups in total. The number of hydrogen-bond donors (Lipinski definition) is 0. The number of aromatic nitrogens is 2. The van der Waals surface area contributed by atoms with Gasteiger partial charge in [0.1, 0.15) is 5.60 Å². The van der Waals surface area contributed by atoms with Gasteiger partial charge in [-0.15, -0.1) is 0 Å². The highest BCUT2D eigenvalue weighted by molar-refractivity contribution is 5.82. The van der Waals surface area contributed by atoms with Crippen LogP contribution in [-0.4, -0.2) is 70.1 Å². The van der Waals surface area contributed by atoms with E-state index in [2.05, 4.69) is 21.8 Å². The smallest absolute Gasteiger partial charge is 0.410 e. The van der Waals surface area contributed by atoms with Crippen LogP contribution in [0.5, 0.6) is 0 Å². The number of amides is 2. The number of anilines is 1. The number of likely N-dealkylation sites (tertiary alicyclic amines) is 1. The van der Waals surface area contributed by atoms with Crippen molar-refractivity contribution in [1.82, 2.24) is 19.8 Å². The van der Waals surface area contributed by atoms with Crippen molar-refractivity contribution in [3.8, 4) is 0 Å². The van der Waals surface area contributed by atoms with E-state index in [-0.39, 0.29) is 17.4 Å². The van der Waals surface area contributed by atoms with Gasteiger partial charge in [-0.1, -0.05) is 37.3 Å². The van der Waals surface area contributed by atoms with Gasteiger partial charge in [-0.3, -0.25) is 9.69 Å². The Balaban J connectivity index is 1.19. The van der Waals surface area contributed by atoms with Crippen molar-refractivity contribution in [1.29, 1.82) is 0 Å². The van der Waals surface area contributed by atoms with Gasteiger partial charge < -0.3 is 14.5 Å². The molecule has 1 aromatic heterocycles. The van der Waals surface area contributed by atoms with E-state index in [0.717, 1.165) is 56.8 Å². The van der Waals surface area contributed by atoms with Crippen molar-refractivity contribution in [3.63, 3.8) is 0 Å². The van der Waals surface area contributed by atoms with Gasteiger partial charge >= 0.3 is 6.09 Å². The molecule has 5 rings (SSSR count). The monoisotopic (exact) mass is 463 g/mol. The summed E-state index contributed by atoms with van der Waals surface area (Å²) in [6.07, 6.45) is 7.16. The molecule has 2 aromatic rings. The molecule has 1 atom stereocenters. The predicted molar refractivity (Wildman–Crippen MR) is 128 cm³/mol. The first-order chi connectivity index (χ1) is 16.5. The predicted octanol–water partition coefficient (Wildman–Crippen LogP) is 3.49. The molecule has 3 saturated heterocycles. The van der Waals surface area contributed by atoms with Crippen molar-refractivity contribution in [3.05, 3.63) is 54.4 Å². The van der Waals surface area contributed by atoms with Crippen LogP contribution in [0.2, 0.25) is 0 Å². The lowest BCUT2D eigenvalue weighted by Crippen LogP contribution is -2.49. The lowest BCUT2D eigenvalue weighted by Gasteiger charge is -2.41. The van der Waals surface area contributed by atoms with Crippen LogP contribution in [0.1, 0.15) is 44.6 Å². The van der Waals surface area contributed by atoms with Crippen LogP contribution in [0.15, 0.2) is 48.8 Å². The number of carbonyl (C=O) groups is 2. The fraction of sp³-hybridized carbons (Fsp3) is 0.538. The van der Waals surface area contributed by atoms with E-state index >= 15 is 0 Å². The van der Waals surface area contributed by atoms with Crippen molar-refractivity contribution in [2.24, 2.45) is 5.41 Å². The summed E-state index contributed by atoms with van der Waals surface area (Å²) in [4.78, 5) is 40.9. The average molecular weight is 464 g/mol. The average Bonchev–Trinajstić information content (AvgIpc) is 3.03. The minimum Gasteiger partial charge on any atom is -0.441 e. The maximum atomic E-state index is 13.6. The number of nitrogens with zero attached hydrogens (tertiary/aromatic N) is 5. The second-order valence-electron chi connectivity index (χ2n) is 10.1. The van der Waals surface area contributed by atoms with Crippen molar-refractivity contribution in [2.75, 3.05) is 37.6 Å². The number of benzene rings is 1. The Morgan fingerprint density at radius 3 is 2.44 bits per heavy atom. The number of carbonyl (C=O) groups excluding carboxylic acids is 2. The zero-order valence-corrected chi connectivity index (χ0v) is 19.9. The van der Waals surface area contributed by atoms with Crippen LogP contribution in [0, 0.1) is 5.41 Å².